The van der Waals surface area contributed by atoms with E-state index >= 15 is 0 Å². The van der Waals surface area contributed by atoms with Crippen LogP contribution in [0.2, 0.25) is 5.02 Å². The summed E-state index contributed by atoms with van der Waals surface area (Å²) in [7, 11) is 0. The number of nitrogens with zero attached hydrogens (tertiary/aromatic N) is 3. The Kier molecular flexibility index (Phi) is 5.85. The first-order valence-electron chi connectivity index (χ1n) is 6.02. The fraction of sp³-hybridized carbons (Fsp3) is 0.500. The van der Waals surface area contributed by atoms with Gasteiger partial charge in [-0.25, -0.2) is 4.98 Å². The fourth-order valence-corrected chi connectivity index (χ4v) is 2.05. The number of pyridine rings is 1. The molecule has 0 saturated carbocycles. The van der Waals surface area contributed by atoms with Crippen LogP contribution < -0.4 is 10.6 Å². The third-order valence-electron chi connectivity index (χ3n) is 2.71. The van der Waals surface area contributed by atoms with Gasteiger partial charge in [0.05, 0.1) is 5.02 Å². The predicted molar refractivity (Wildman–Crippen MR) is 75.9 cm³/mol. The lowest BCUT2D eigenvalue weighted by Crippen LogP contribution is -2.33. The van der Waals surface area contributed by atoms with Crippen molar-refractivity contribution in [2.24, 2.45) is 10.9 Å². The van der Waals surface area contributed by atoms with Gasteiger partial charge in [0.25, 0.3) is 0 Å². The molecule has 0 unspecified atom stereocenters. The summed E-state index contributed by atoms with van der Waals surface area (Å²) in [6.45, 7) is 4.73. The van der Waals surface area contributed by atoms with Crippen LogP contribution in [0.5, 0.6) is 0 Å². The van der Waals surface area contributed by atoms with Crippen LogP contribution >= 0.6 is 11.6 Å². The summed E-state index contributed by atoms with van der Waals surface area (Å²) in [5.74, 6) is 0.508. The molecule has 1 rings (SSSR count). The summed E-state index contributed by atoms with van der Waals surface area (Å²) in [6.07, 6.45) is 2.17. The summed E-state index contributed by atoms with van der Waals surface area (Å²) in [4.78, 5) is 6.22. The molecule has 0 aliphatic carbocycles. The normalized spacial score (nSPS) is 11.9. The maximum absolute atomic E-state index is 8.94. The molecule has 1 heterocycles. The van der Waals surface area contributed by atoms with Crippen molar-refractivity contribution >= 4 is 23.3 Å². The fourth-order valence-electron chi connectivity index (χ4n) is 1.73. The monoisotopic (exact) mass is 286 g/mol. The first-order valence-corrected chi connectivity index (χ1v) is 6.40. The zero-order valence-electron chi connectivity index (χ0n) is 11.0. The second-order valence-corrected chi connectivity index (χ2v) is 4.72. The molecule has 106 valence electrons. The van der Waals surface area contributed by atoms with Crippen LogP contribution in [0, 0.1) is 0 Å². The summed E-state index contributed by atoms with van der Waals surface area (Å²) < 4.78 is 0. The summed E-state index contributed by atoms with van der Waals surface area (Å²) in [5, 5.41) is 21.0. The van der Waals surface area contributed by atoms with E-state index in [0.29, 0.717) is 29.4 Å². The van der Waals surface area contributed by atoms with Crippen molar-refractivity contribution in [3.63, 3.8) is 0 Å². The van der Waals surface area contributed by atoms with E-state index in [1.807, 2.05) is 18.7 Å². The van der Waals surface area contributed by atoms with Crippen molar-refractivity contribution in [3.8, 4) is 0 Å². The van der Waals surface area contributed by atoms with Gasteiger partial charge in [0, 0.05) is 31.0 Å². The lowest BCUT2D eigenvalue weighted by Gasteiger charge is -2.28. The summed E-state index contributed by atoms with van der Waals surface area (Å²) in [6, 6.07) is 1.75. The molecule has 1 aromatic heterocycles. The van der Waals surface area contributed by atoms with Crippen LogP contribution in [-0.4, -0.2) is 40.3 Å². The molecule has 0 radical (unpaired) electrons. The first kappa shape index (κ1) is 15.5. The number of amidine groups is 1. The van der Waals surface area contributed by atoms with E-state index in [1.165, 1.54) is 0 Å². The van der Waals surface area contributed by atoms with E-state index in [9.17, 15) is 0 Å². The SMILES string of the molecule is CC(C)N(CCCO)c1nccc(/C(N)=N/O)c1Cl. The topological polar surface area (TPSA) is 95.0 Å². The molecule has 4 N–H and O–H groups in total. The quantitative estimate of drug-likeness (QED) is 0.318. The highest BCUT2D eigenvalue weighted by molar-refractivity contribution is 6.36. The molecular formula is C12H19ClN4O2. The number of hydrogen-bond acceptors (Lipinski definition) is 5. The lowest BCUT2D eigenvalue weighted by atomic mass is 10.2. The standard InChI is InChI=1S/C12H19ClN4O2/c1-8(2)17(6-3-7-18)12-10(13)9(4-5-15-12)11(14)16-19/h4-5,8,18-19H,3,6-7H2,1-2H3,(H2,14,16). The first-order chi connectivity index (χ1) is 9.02. The van der Waals surface area contributed by atoms with E-state index < -0.39 is 0 Å². The maximum Gasteiger partial charge on any atom is 0.171 e. The molecule has 0 aliphatic rings. The smallest absolute Gasteiger partial charge is 0.171 e. The van der Waals surface area contributed by atoms with Gasteiger partial charge < -0.3 is 20.9 Å². The molecule has 19 heavy (non-hydrogen) atoms. The Morgan fingerprint density at radius 2 is 2.26 bits per heavy atom. The molecule has 1 aromatic rings. The van der Waals surface area contributed by atoms with Crippen molar-refractivity contribution in [3.05, 3.63) is 22.8 Å². The Labute approximate surface area is 117 Å². The van der Waals surface area contributed by atoms with Gasteiger partial charge in [-0.3, -0.25) is 0 Å². The zero-order chi connectivity index (χ0) is 14.4. The van der Waals surface area contributed by atoms with Gasteiger partial charge in [-0.1, -0.05) is 16.8 Å². The van der Waals surface area contributed by atoms with E-state index in [2.05, 4.69) is 10.1 Å². The van der Waals surface area contributed by atoms with E-state index in [1.54, 1.807) is 12.3 Å². The second kappa shape index (κ2) is 7.16. The molecule has 0 bridgehead atoms. The summed E-state index contributed by atoms with van der Waals surface area (Å²) in [5.41, 5.74) is 6.00. The van der Waals surface area contributed by atoms with Gasteiger partial charge in [0.2, 0.25) is 0 Å². The molecule has 7 heteroatoms. The van der Waals surface area contributed by atoms with Gasteiger partial charge in [0.1, 0.15) is 5.82 Å². The van der Waals surface area contributed by atoms with Crippen LogP contribution in [0.15, 0.2) is 17.4 Å². The molecule has 0 amide bonds. The Balaban J connectivity index is 3.17. The highest BCUT2D eigenvalue weighted by Gasteiger charge is 2.18. The third kappa shape index (κ3) is 3.71. The lowest BCUT2D eigenvalue weighted by molar-refractivity contribution is 0.288. The average Bonchev–Trinajstić information content (AvgIpc) is 2.39. The van der Waals surface area contributed by atoms with E-state index in [0.717, 1.165) is 0 Å². The van der Waals surface area contributed by atoms with Gasteiger partial charge in [0.15, 0.2) is 5.84 Å². The Hall–Kier alpha value is -1.53. The van der Waals surface area contributed by atoms with Crippen molar-refractivity contribution in [1.82, 2.24) is 4.98 Å². The minimum atomic E-state index is -0.0560. The van der Waals surface area contributed by atoms with Crippen LogP contribution in [0.3, 0.4) is 0 Å². The zero-order valence-corrected chi connectivity index (χ0v) is 11.8. The number of nitrogens with two attached hydrogens (primary N) is 1. The molecule has 0 fully saturated rings. The molecule has 0 aliphatic heterocycles. The largest absolute Gasteiger partial charge is 0.409 e. The second-order valence-electron chi connectivity index (χ2n) is 4.35. The average molecular weight is 287 g/mol. The van der Waals surface area contributed by atoms with E-state index in [4.69, 9.17) is 27.6 Å². The Bertz CT molecular complexity index is 451. The third-order valence-corrected chi connectivity index (χ3v) is 3.08. The van der Waals surface area contributed by atoms with Crippen LogP contribution in [-0.2, 0) is 0 Å². The molecule has 0 atom stereocenters. The van der Waals surface area contributed by atoms with Crippen LogP contribution in [0.25, 0.3) is 0 Å². The highest BCUT2D eigenvalue weighted by atomic mass is 35.5. The Morgan fingerprint density at radius 1 is 1.58 bits per heavy atom. The number of aliphatic hydroxyl groups is 1. The predicted octanol–water partition coefficient (Wildman–Crippen LogP) is 1.43. The minimum Gasteiger partial charge on any atom is -0.409 e. The Morgan fingerprint density at radius 3 is 2.79 bits per heavy atom. The number of hydrogen-bond donors (Lipinski definition) is 3. The van der Waals surface area contributed by atoms with Crippen LogP contribution in [0.4, 0.5) is 5.82 Å². The molecule has 6 nitrogen and oxygen atoms in total. The number of rotatable bonds is 6. The number of anilines is 1. The van der Waals surface area contributed by atoms with Gasteiger partial charge in [-0.05, 0) is 26.3 Å². The van der Waals surface area contributed by atoms with Gasteiger partial charge in [-0.2, -0.15) is 0 Å². The molecular weight excluding hydrogens is 268 g/mol. The molecule has 0 aromatic carbocycles. The van der Waals surface area contributed by atoms with Gasteiger partial charge >= 0.3 is 0 Å². The summed E-state index contributed by atoms with van der Waals surface area (Å²) >= 11 is 6.26. The van der Waals surface area contributed by atoms with Crippen molar-refractivity contribution in [2.45, 2.75) is 26.3 Å². The van der Waals surface area contributed by atoms with Crippen LogP contribution in [0.1, 0.15) is 25.8 Å². The number of aliphatic hydroxyl groups excluding tert-OH is 1. The highest BCUT2D eigenvalue weighted by Crippen LogP contribution is 2.28. The minimum absolute atomic E-state index is 0.0560. The molecule has 0 spiro atoms. The van der Waals surface area contributed by atoms with Gasteiger partial charge in [-0.15, -0.1) is 0 Å². The van der Waals surface area contributed by atoms with Crippen molar-refractivity contribution in [2.75, 3.05) is 18.1 Å². The molecule has 0 saturated heterocycles. The van der Waals surface area contributed by atoms with E-state index in [-0.39, 0.29) is 18.5 Å². The number of aromatic nitrogens is 1. The van der Waals surface area contributed by atoms with Crippen molar-refractivity contribution < 1.29 is 10.3 Å². The maximum atomic E-state index is 8.94. The van der Waals surface area contributed by atoms with Crippen molar-refractivity contribution in [1.29, 1.82) is 0 Å². The number of oxime groups is 1. The number of halogens is 1.